The monoisotopic (exact) mass is 634 g/mol. The second kappa shape index (κ2) is 14.4. The van der Waals surface area contributed by atoms with E-state index >= 15 is 0 Å². The summed E-state index contributed by atoms with van der Waals surface area (Å²) in [5.74, 6) is 0. The van der Waals surface area contributed by atoms with Crippen molar-refractivity contribution in [3.05, 3.63) is 121 Å². The molecule has 4 aromatic rings. The van der Waals surface area contributed by atoms with Crippen LogP contribution in [0.15, 0.2) is 121 Å². The molecule has 4 rings (SSSR count). The number of benzene rings is 4. The Morgan fingerprint density at radius 1 is 0.457 bits per heavy atom. The Labute approximate surface area is 224 Å². The number of rotatable bonds is 9. The molecule has 0 fully saturated rings. The van der Waals surface area contributed by atoms with E-state index in [0.29, 0.717) is 12.3 Å². The Balaban J connectivity index is 0.00000108. The average molecular weight is 636 g/mol. The molecule has 0 saturated carbocycles. The van der Waals surface area contributed by atoms with Crippen LogP contribution in [0.4, 0.5) is 0 Å². The van der Waals surface area contributed by atoms with E-state index in [4.69, 9.17) is 19.1 Å². The van der Waals surface area contributed by atoms with E-state index in [-0.39, 0.29) is 15.9 Å². The fourth-order valence-corrected chi connectivity index (χ4v) is 9.74. The molecule has 186 valence electrons. The molecular formula is C28H28Cl2O2P2Pd. The van der Waals surface area contributed by atoms with Crippen LogP contribution in [-0.4, -0.2) is 12.3 Å². The van der Waals surface area contributed by atoms with E-state index in [9.17, 15) is 9.13 Å². The molecule has 0 bridgehead atoms. The number of hydrogen-bond donors (Lipinski definition) is 0. The second-order valence-corrected chi connectivity index (χ2v) is 16.3. The minimum absolute atomic E-state index is 0.106. The van der Waals surface area contributed by atoms with Gasteiger partial charge in [-0.15, -0.1) is 0 Å². The minimum atomic E-state index is -2.74. The first-order valence-corrected chi connectivity index (χ1v) is 19.1. The first-order valence-electron chi connectivity index (χ1n) is 11.3. The molecule has 0 atom stereocenters. The summed E-state index contributed by atoms with van der Waals surface area (Å²) in [6.45, 7) is 0. The third kappa shape index (κ3) is 7.54. The Kier molecular flexibility index (Phi) is 11.5. The summed E-state index contributed by atoms with van der Waals surface area (Å²) < 4.78 is 28.4. The van der Waals surface area contributed by atoms with Gasteiger partial charge in [-0.25, -0.2) is 0 Å². The van der Waals surface area contributed by atoms with Crippen LogP contribution < -0.4 is 21.2 Å². The number of halogens is 2. The Morgan fingerprint density at radius 2 is 0.657 bits per heavy atom. The van der Waals surface area contributed by atoms with Crippen molar-refractivity contribution in [2.24, 2.45) is 0 Å². The van der Waals surface area contributed by atoms with Crippen molar-refractivity contribution in [2.45, 2.75) is 12.8 Å². The normalized spacial score (nSPS) is 11.5. The second-order valence-electron chi connectivity index (χ2n) is 8.02. The van der Waals surface area contributed by atoms with Crippen LogP contribution in [0.2, 0.25) is 0 Å². The zero-order chi connectivity index (χ0) is 25.0. The molecule has 4 aromatic carbocycles. The maximum absolute atomic E-state index is 14.2. The third-order valence-corrected chi connectivity index (χ3v) is 12.3. The zero-order valence-electron chi connectivity index (χ0n) is 19.2. The van der Waals surface area contributed by atoms with Gasteiger partial charge < -0.3 is 9.13 Å². The Bertz CT molecular complexity index is 1060. The first-order chi connectivity index (χ1) is 17.0. The molecule has 35 heavy (non-hydrogen) atoms. The molecule has 0 aliphatic carbocycles. The quantitative estimate of drug-likeness (QED) is 0.111. The third-order valence-electron chi connectivity index (χ3n) is 5.89. The average Bonchev–Trinajstić information content (AvgIpc) is 2.93. The molecule has 0 unspecified atom stereocenters. The summed E-state index contributed by atoms with van der Waals surface area (Å²) in [4.78, 5) is 0. The van der Waals surface area contributed by atoms with E-state index in [0.717, 1.165) is 34.1 Å². The van der Waals surface area contributed by atoms with Crippen molar-refractivity contribution < 1.29 is 25.1 Å². The van der Waals surface area contributed by atoms with Crippen molar-refractivity contribution in [1.82, 2.24) is 0 Å². The van der Waals surface area contributed by atoms with Gasteiger partial charge in [0.05, 0.1) is 0 Å². The van der Waals surface area contributed by atoms with Crippen LogP contribution in [0, 0.1) is 0 Å². The maximum atomic E-state index is 14.2. The Hall–Kier alpha value is -1.42. The molecule has 0 radical (unpaired) electrons. The van der Waals surface area contributed by atoms with E-state index in [1.807, 2.05) is 121 Å². The van der Waals surface area contributed by atoms with Gasteiger partial charge in [0.25, 0.3) is 0 Å². The van der Waals surface area contributed by atoms with Crippen molar-refractivity contribution in [3.63, 3.8) is 0 Å². The molecule has 0 amide bonds. The van der Waals surface area contributed by atoms with Crippen LogP contribution in [-0.2, 0) is 25.1 Å². The fraction of sp³-hybridized carbons (Fsp3) is 0.143. The van der Waals surface area contributed by atoms with Gasteiger partial charge in [0.1, 0.15) is 14.3 Å². The summed E-state index contributed by atoms with van der Waals surface area (Å²) >= 11 is -0.106. The summed E-state index contributed by atoms with van der Waals surface area (Å²) in [6.07, 6.45) is 2.66. The molecule has 0 spiro atoms. The molecule has 2 nitrogen and oxygen atoms in total. The van der Waals surface area contributed by atoms with Crippen molar-refractivity contribution in [3.8, 4) is 0 Å². The van der Waals surface area contributed by atoms with Crippen molar-refractivity contribution in [2.75, 3.05) is 12.3 Å². The number of unbranched alkanes of at least 4 members (excludes halogenated alkanes) is 1. The van der Waals surface area contributed by atoms with Gasteiger partial charge in [-0.2, -0.15) is 0 Å². The van der Waals surface area contributed by atoms with Crippen molar-refractivity contribution >= 4 is 54.6 Å². The molecule has 0 aromatic heterocycles. The van der Waals surface area contributed by atoms with Crippen molar-refractivity contribution in [1.29, 1.82) is 0 Å². The van der Waals surface area contributed by atoms with Crippen LogP contribution in [0.5, 0.6) is 0 Å². The predicted octanol–water partition coefficient (Wildman–Crippen LogP) is 7.17. The molecule has 7 heteroatoms. The van der Waals surface area contributed by atoms with Gasteiger partial charge in [0.2, 0.25) is 0 Å². The molecule has 0 heterocycles. The molecule has 0 saturated heterocycles. The van der Waals surface area contributed by atoms with Gasteiger partial charge >= 0.3 is 35.0 Å². The molecule has 0 aliphatic heterocycles. The molecule has 0 aliphatic rings. The van der Waals surface area contributed by atoms with Crippen LogP contribution in [0.25, 0.3) is 0 Å². The number of hydrogen-bond acceptors (Lipinski definition) is 2. The fourth-order valence-electron chi connectivity index (χ4n) is 4.16. The van der Waals surface area contributed by atoms with Gasteiger partial charge in [0.15, 0.2) is 0 Å². The summed E-state index contributed by atoms with van der Waals surface area (Å²) in [7, 11) is 4.15. The van der Waals surface area contributed by atoms with Crippen LogP contribution in [0.1, 0.15) is 12.8 Å². The van der Waals surface area contributed by atoms with Gasteiger partial charge in [-0.3, -0.25) is 0 Å². The summed E-state index contributed by atoms with van der Waals surface area (Å²) in [6, 6.07) is 39.1. The van der Waals surface area contributed by atoms with Gasteiger partial charge in [0, 0.05) is 33.5 Å². The van der Waals surface area contributed by atoms with E-state index in [1.165, 1.54) is 0 Å². The van der Waals surface area contributed by atoms with Crippen LogP contribution >= 0.6 is 33.3 Å². The molecule has 0 N–H and O–H groups in total. The first kappa shape index (κ1) is 28.2. The van der Waals surface area contributed by atoms with Gasteiger partial charge in [-0.05, 0) is 12.8 Å². The summed E-state index contributed by atoms with van der Waals surface area (Å²) in [5, 5.41) is 3.56. The van der Waals surface area contributed by atoms with E-state index < -0.39 is 14.3 Å². The SMILES string of the molecule is O=P(CCCCP(=O)(c1ccccc1)c1ccccc1)(c1ccccc1)c1ccccc1.[Cl][Pd][Cl]. The van der Waals surface area contributed by atoms with Crippen LogP contribution in [0.3, 0.4) is 0 Å². The topological polar surface area (TPSA) is 34.1 Å². The predicted molar refractivity (Wildman–Crippen MR) is 150 cm³/mol. The summed E-state index contributed by atoms with van der Waals surface area (Å²) in [5.41, 5.74) is 0. The van der Waals surface area contributed by atoms with E-state index in [1.54, 1.807) is 0 Å². The molecular weight excluding hydrogens is 608 g/mol. The zero-order valence-corrected chi connectivity index (χ0v) is 24.0. The van der Waals surface area contributed by atoms with Gasteiger partial charge in [-0.1, -0.05) is 121 Å². The standard InChI is InChI=1S/C28H28O2P2.2ClH.Pd/c29-31(25-15-5-1-6-16-25,26-17-7-2-8-18-26)23-13-14-24-32(30,27-19-9-3-10-20-27)28-21-11-4-12-22-28;;;/h1-12,15-22H,13-14,23-24H2;2*1H;/q;;;+2/p-2. The van der Waals surface area contributed by atoms with E-state index in [2.05, 4.69) is 0 Å². The Morgan fingerprint density at radius 3 is 0.857 bits per heavy atom.